The largest absolute Gasteiger partial charge is 0.342 e. The van der Waals surface area contributed by atoms with Gasteiger partial charge in [-0.15, -0.1) is 0 Å². The first-order valence-electron chi connectivity index (χ1n) is 7.58. The fourth-order valence-corrected chi connectivity index (χ4v) is 2.72. The molecule has 5 nitrogen and oxygen atoms in total. The zero-order valence-corrected chi connectivity index (χ0v) is 12.6. The number of aromatic nitrogens is 2. The molecular formula is C15H23N3O2. The molecule has 0 aromatic carbocycles. The van der Waals surface area contributed by atoms with Gasteiger partial charge >= 0.3 is 0 Å². The van der Waals surface area contributed by atoms with Crippen molar-refractivity contribution in [2.45, 2.75) is 58.3 Å². The summed E-state index contributed by atoms with van der Waals surface area (Å²) in [6, 6.07) is 0. The Balaban J connectivity index is 1.59. The molecule has 1 aromatic rings. The van der Waals surface area contributed by atoms with Crippen LogP contribution in [0.2, 0.25) is 0 Å². The Kier molecular flexibility index (Phi) is 3.30. The summed E-state index contributed by atoms with van der Waals surface area (Å²) in [4.78, 5) is 18.7. The van der Waals surface area contributed by atoms with Gasteiger partial charge in [-0.2, -0.15) is 4.98 Å². The van der Waals surface area contributed by atoms with Gasteiger partial charge in [-0.25, -0.2) is 0 Å². The van der Waals surface area contributed by atoms with E-state index in [1.165, 1.54) is 12.8 Å². The fourth-order valence-electron chi connectivity index (χ4n) is 2.72. The molecule has 3 rings (SSSR count). The van der Waals surface area contributed by atoms with Crippen LogP contribution in [-0.2, 0) is 4.79 Å². The molecule has 1 aromatic heterocycles. The van der Waals surface area contributed by atoms with E-state index in [1.54, 1.807) is 0 Å². The second-order valence-electron chi connectivity index (χ2n) is 7.08. The first-order chi connectivity index (χ1) is 9.45. The second kappa shape index (κ2) is 4.86. The van der Waals surface area contributed by atoms with Gasteiger partial charge in [0.15, 0.2) is 5.82 Å². The molecule has 0 bridgehead atoms. The molecule has 1 aliphatic heterocycles. The maximum absolute atomic E-state index is 12.2. The van der Waals surface area contributed by atoms with Crippen molar-refractivity contribution in [2.24, 2.45) is 5.41 Å². The summed E-state index contributed by atoms with van der Waals surface area (Å²) in [5.41, 5.74) is -0.294. The third-order valence-corrected chi connectivity index (χ3v) is 4.17. The van der Waals surface area contributed by atoms with Crippen LogP contribution >= 0.6 is 0 Å². The smallest absolute Gasteiger partial charge is 0.229 e. The zero-order valence-electron chi connectivity index (χ0n) is 12.6. The number of hydrogen-bond donors (Lipinski definition) is 0. The van der Waals surface area contributed by atoms with Crippen LogP contribution in [0.4, 0.5) is 0 Å². The predicted octanol–water partition coefficient (Wildman–Crippen LogP) is 2.70. The quantitative estimate of drug-likeness (QED) is 0.834. The molecule has 1 aliphatic carbocycles. The number of amides is 1. The van der Waals surface area contributed by atoms with Gasteiger partial charge < -0.3 is 9.42 Å². The lowest BCUT2D eigenvalue weighted by atomic mass is 9.91. The van der Waals surface area contributed by atoms with Crippen molar-refractivity contribution in [3.05, 3.63) is 11.7 Å². The van der Waals surface area contributed by atoms with Gasteiger partial charge in [0.05, 0.1) is 0 Å². The van der Waals surface area contributed by atoms with Crippen molar-refractivity contribution < 1.29 is 9.32 Å². The van der Waals surface area contributed by atoms with E-state index in [0.29, 0.717) is 11.8 Å². The molecule has 0 N–H and O–H groups in total. The molecule has 110 valence electrons. The highest BCUT2D eigenvalue weighted by atomic mass is 16.5. The van der Waals surface area contributed by atoms with E-state index in [4.69, 9.17) is 4.52 Å². The SMILES string of the molecule is CC(C)(C)C(=O)N1CCC(c2noc(C3CC3)n2)CC1. The van der Waals surface area contributed by atoms with Crippen LogP contribution in [0.3, 0.4) is 0 Å². The summed E-state index contributed by atoms with van der Waals surface area (Å²) >= 11 is 0. The average molecular weight is 277 g/mol. The van der Waals surface area contributed by atoms with Crippen LogP contribution in [0.1, 0.15) is 70.0 Å². The minimum absolute atomic E-state index is 0.239. The molecule has 2 heterocycles. The molecule has 0 radical (unpaired) electrons. The number of carbonyl (C=O) groups excluding carboxylic acids is 1. The summed E-state index contributed by atoms with van der Waals surface area (Å²) in [6.45, 7) is 7.52. The first-order valence-corrected chi connectivity index (χ1v) is 7.58. The third kappa shape index (κ3) is 2.72. The van der Waals surface area contributed by atoms with E-state index in [0.717, 1.165) is 37.6 Å². The van der Waals surface area contributed by atoms with Crippen molar-refractivity contribution >= 4 is 5.91 Å². The average Bonchev–Trinajstić information content (AvgIpc) is 3.15. The van der Waals surface area contributed by atoms with Gasteiger partial charge in [0.1, 0.15) is 0 Å². The Morgan fingerprint density at radius 2 is 1.80 bits per heavy atom. The number of piperidine rings is 1. The summed E-state index contributed by atoms with van der Waals surface area (Å²) in [5, 5.41) is 4.13. The second-order valence-corrected chi connectivity index (χ2v) is 7.08. The van der Waals surface area contributed by atoms with Gasteiger partial charge in [-0.1, -0.05) is 25.9 Å². The van der Waals surface area contributed by atoms with Crippen LogP contribution in [-0.4, -0.2) is 34.0 Å². The minimum Gasteiger partial charge on any atom is -0.342 e. The van der Waals surface area contributed by atoms with Crippen molar-refractivity contribution in [3.63, 3.8) is 0 Å². The highest BCUT2D eigenvalue weighted by Crippen LogP contribution is 2.39. The maximum atomic E-state index is 12.2. The Morgan fingerprint density at radius 1 is 1.15 bits per heavy atom. The number of carbonyl (C=O) groups is 1. The summed E-state index contributed by atoms with van der Waals surface area (Å²) in [6.07, 6.45) is 4.23. The van der Waals surface area contributed by atoms with Gasteiger partial charge in [0, 0.05) is 30.3 Å². The minimum atomic E-state index is -0.294. The van der Waals surface area contributed by atoms with E-state index in [2.05, 4.69) is 10.1 Å². The molecule has 1 amide bonds. The van der Waals surface area contributed by atoms with Crippen LogP contribution in [0.5, 0.6) is 0 Å². The molecule has 0 spiro atoms. The van der Waals surface area contributed by atoms with Crippen molar-refractivity contribution in [1.82, 2.24) is 15.0 Å². The number of nitrogens with zero attached hydrogens (tertiary/aromatic N) is 3. The van der Waals surface area contributed by atoms with Crippen molar-refractivity contribution in [3.8, 4) is 0 Å². The Bertz CT molecular complexity index is 491. The highest BCUT2D eigenvalue weighted by molar-refractivity contribution is 5.81. The van der Waals surface area contributed by atoms with E-state index in [9.17, 15) is 4.79 Å². The van der Waals surface area contributed by atoms with Gasteiger partial charge in [0.2, 0.25) is 11.8 Å². The van der Waals surface area contributed by atoms with E-state index >= 15 is 0 Å². The first kappa shape index (κ1) is 13.6. The molecule has 1 saturated carbocycles. The molecule has 2 fully saturated rings. The number of hydrogen-bond acceptors (Lipinski definition) is 4. The molecule has 20 heavy (non-hydrogen) atoms. The van der Waals surface area contributed by atoms with Gasteiger partial charge in [-0.3, -0.25) is 4.79 Å². The lowest BCUT2D eigenvalue weighted by molar-refractivity contribution is -0.140. The maximum Gasteiger partial charge on any atom is 0.229 e. The molecule has 5 heteroatoms. The monoisotopic (exact) mass is 277 g/mol. The highest BCUT2D eigenvalue weighted by Gasteiger charge is 2.34. The molecular weight excluding hydrogens is 254 g/mol. The van der Waals surface area contributed by atoms with Crippen LogP contribution < -0.4 is 0 Å². The zero-order chi connectivity index (χ0) is 14.3. The predicted molar refractivity (Wildman–Crippen MR) is 74.3 cm³/mol. The van der Waals surface area contributed by atoms with Gasteiger partial charge in [0.25, 0.3) is 0 Å². The van der Waals surface area contributed by atoms with Crippen LogP contribution in [0.25, 0.3) is 0 Å². The van der Waals surface area contributed by atoms with Crippen molar-refractivity contribution in [1.29, 1.82) is 0 Å². The molecule has 0 unspecified atom stereocenters. The summed E-state index contributed by atoms with van der Waals surface area (Å²) in [5.74, 6) is 2.75. The standard InChI is InChI=1S/C15H23N3O2/c1-15(2,3)14(19)18-8-6-10(7-9-18)12-16-13(20-17-12)11-4-5-11/h10-11H,4-9H2,1-3H3. The van der Waals surface area contributed by atoms with Crippen molar-refractivity contribution in [2.75, 3.05) is 13.1 Å². The van der Waals surface area contributed by atoms with Gasteiger partial charge in [-0.05, 0) is 25.7 Å². The Labute approximate surface area is 119 Å². The Hall–Kier alpha value is -1.39. The van der Waals surface area contributed by atoms with Crippen LogP contribution in [0.15, 0.2) is 4.52 Å². The number of rotatable bonds is 2. The number of likely N-dealkylation sites (tertiary alicyclic amines) is 1. The lowest BCUT2D eigenvalue weighted by Crippen LogP contribution is -2.43. The van der Waals surface area contributed by atoms with Crippen LogP contribution in [0, 0.1) is 5.41 Å². The topological polar surface area (TPSA) is 59.2 Å². The van der Waals surface area contributed by atoms with E-state index < -0.39 is 0 Å². The molecule has 2 aliphatic rings. The fraction of sp³-hybridized carbons (Fsp3) is 0.800. The lowest BCUT2D eigenvalue weighted by Gasteiger charge is -2.34. The van der Waals surface area contributed by atoms with E-state index in [-0.39, 0.29) is 11.3 Å². The molecule has 1 saturated heterocycles. The van der Waals surface area contributed by atoms with E-state index in [1.807, 2.05) is 25.7 Å². The normalized spacial score (nSPS) is 21.2. The summed E-state index contributed by atoms with van der Waals surface area (Å²) in [7, 11) is 0. The molecule has 0 atom stereocenters. The third-order valence-electron chi connectivity index (χ3n) is 4.17. The summed E-state index contributed by atoms with van der Waals surface area (Å²) < 4.78 is 5.33. The Morgan fingerprint density at radius 3 is 2.35 bits per heavy atom.